The molecule has 0 spiro atoms. The first-order chi connectivity index (χ1) is 14.2. The molecule has 2 fully saturated rings. The van der Waals surface area contributed by atoms with E-state index in [1.165, 1.54) is 30.4 Å². The second-order valence-corrected chi connectivity index (χ2v) is 11.2. The Morgan fingerprint density at radius 1 is 1.20 bits per heavy atom. The predicted octanol–water partition coefficient (Wildman–Crippen LogP) is 7.56. The van der Waals surface area contributed by atoms with Crippen LogP contribution < -0.4 is 0 Å². The summed E-state index contributed by atoms with van der Waals surface area (Å²) >= 11 is 0. The molecule has 0 heterocycles. The average molecular weight is 407 g/mol. The quantitative estimate of drug-likeness (QED) is 0.467. The first-order valence-electron chi connectivity index (χ1n) is 12.3. The van der Waals surface area contributed by atoms with Gasteiger partial charge in [0.15, 0.2) is 0 Å². The van der Waals surface area contributed by atoms with Crippen LogP contribution in [-0.4, -0.2) is 11.2 Å². The van der Waals surface area contributed by atoms with E-state index in [1.807, 2.05) is 0 Å². The highest BCUT2D eigenvalue weighted by Gasteiger charge is 2.53. The smallest absolute Gasteiger partial charge is 0.0578 e. The molecule has 0 amide bonds. The van der Waals surface area contributed by atoms with Crippen LogP contribution in [0.4, 0.5) is 0 Å². The molecule has 7 atom stereocenters. The maximum Gasteiger partial charge on any atom is 0.0578 e. The van der Waals surface area contributed by atoms with Crippen LogP contribution in [0.15, 0.2) is 59.3 Å². The van der Waals surface area contributed by atoms with E-state index in [2.05, 4.69) is 71.6 Å². The lowest BCUT2D eigenvalue weighted by molar-refractivity contribution is 0.0719. The Morgan fingerprint density at radius 3 is 2.63 bits per heavy atom. The number of rotatable bonds is 5. The molecule has 30 heavy (non-hydrogen) atoms. The molecule has 4 aliphatic carbocycles. The van der Waals surface area contributed by atoms with E-state index in [0.29, 0.717) is 29.1 Å². The molecule has 0 aliphatic heterocycles. The summed E-state index contributed by atoms with van der Waals surface area (Å²) in [6.07, 6.45) is 20.1. The number of fused-ring (bicyclic) bond motifs is 5. The summed E-state index contributed by atoms with van der Waals surface area (Å²) in [7, 11) is 0. The molecule has 2 saturated carbocycles. The summed E-state index contributed by atoms with van der Waals surface area (Å²) in [4.78, 5) is 0. The Hall–Kier alpha value is -1.34. The van der Waals surface area contributed by atoms with Crippen molar-refractivity contribution >= 4 is 0 Å². The summed E-state index contributed by atoms with van der Waals surface area (Å²) in [5.74, 6) is 2.43. The summed E-state index contributed by atoms with van der Waals surface area (Å²) in [5, 5.41) is 10.2. The van der Waals surface area contributed by atoms with Gasteiger partial charge in [0.05, 0.1) is 6.10 Å². The van der Waals surface area contributed by atoms with Crippen molar-refractivity contribution in [2.75, 3.05) is 0 Å². The summed E-state index contributed by atoms with van der Waals surface area (Å²) in [6.45, 7) is 16.0. The van der Waals surface area contributed by atoms with Crippen molar-refractivity contribution in [2.45, 2.75) is 85.7 Å². The van der Waals surface area contributed by atoms with Gasteiger partial charge in [0.2, 0.25) is 0 Å². The van der Waals surface area contributed by atoms with Crippen LogP contribution in [0.1, 0.15) is 79.6 Å². The van der Waals surface area contributed by atoms with Gasteiger partial charge in [0.1, 0.15) is 0 Å². The Kier molecular flexibility index (Phi) is 5.81. The van der Waals surface area contributed by atoms with Crippen LogP contribution >= 0.6 is 0 Å². The summed E-state index contributed by atoms with van der Waals surface area (Å²) in [5.41, 5.74) is 6.60. The highest BCUT2D eigenvalue weighted by Crippen LogP contribution is 2.64. The van der Waals surface area contributed by atoms with Crippen LogP contribution in [0.3, 0.4) is 0 Å². The van der Waals surface area contributed by atoms with Crippen molar-refractivity contribution in [2.24, 2.45) is 34.5 Å². The molecule has 0 radical (unpaired) electrons. The minimum absolute atomic E-state index is 0.137. The first kappa shape index (κ1) is 21.9. The van der Waals surface area contributed by atoms with E-state index < -0.39 is 0 Å². The van der Waals surface area contributed by atoms with Crippen molar-refractivity contribution in [1.29, 1.82) is 0 Å². The Morgan fingerprint density at radius 2 is 1.93 bits per heavy atom. The molecule has 164 valence electrons. The zero-order valence-electron chi connectivity index (χ0n) is 19.9. The fourth-order valence-corrected chi connectivity index (χ4v) is 7.31. The average Bonchev–Trinajstić information content (AvgIpc) is 3.06. The molecule has 0 unspecified atom stereocenters. The number of aliphatic hydroxyl groups excluding tert-OH is 1. The van der Waals surface area contributed by atoms with Crippen molar-refractivity contribution in [1.82, 2.24) is 0 Å². The lowest BCUT2D eigenvalue weighted by Crippen LogP contribution is -2.44. The zero-order chi connectivity index (χ0) is 21.7. The molecule has 0 aromatic heterocycles. The van der Waals surface area contributed by atoms with Gasteiger partial charge in [-0.3, -0.25) is 0 Å². The maximum absolute atomic E-state index is 10.2. The number of hydrogen-bond acceptors (Lipinski definition) is 1. The summed E-state index contributed by atoms with van der Waals surface area (Å²) < 4.78 is 0. The van der Waals surface area contributed by atoms with Gasteiger partial charge >= 0.3 is 0 Å². The van der Waals surface area contributed by atoms with Crippen molar-refractivity contribution < 1.29 is 5.11 Å². The topological polar surface area (TPSA) is 20.2 Å². The van der Waals surface area contributed by atoms with Gasteiger partial charge in [-0.2, -0.15) is 0 Å². The van der Waals surface area contributed by atoms with Gasteiger partial charge < -0.3 is 5.11 Å². The second kappa shape index (κ2) is 7.97. The standard InChI is InChI=1S/C29H42O/c1-7-21(19(2)3)9-8-20(4)25-12-13-26-24-11-10-22-18-23(30)14-16-28(22,5)27(24)15-17-29(25,26)6/h8-11,13,20-21,23,25,27,30H,2,7,12,14-18H2,1,3-6H3/b9-8-/t20-,21+,23+,25-,27+,28+,29-/m1/s1. The molecule has 1 N–H and O–H groups in total. The van der Waals surface area contributed by atoms with E-state index in [9.17, 15) is 5.11 Å². The van der Waals surface area contributed by atoms with Gasteiger partial charge in [-0.1, -0.05) is 75.8 Å². The Bertz CT molecular complexity index is 823. The normalized spacial score (nSPS) is 39.9. The van der Waals surface area contributed by atoms with E-state index in [1.54, 1.807) is 11.1 Å². The fraction of sp³-hybridized carbons (Fsp3) is 0.655. The van der Waals surface area contributed by atoms with Crippen LogP contribution in [-0.2, 0) is 0 Å². The van der Waals surface area contributed by atoms with Gasteiger partial charge in [0, 0.05) is 0 Å². The molecule has 0 saturated heterocycles. The molecule has 1 nitrogen and oxygen atoms in total. The van der Waals surface area contributed by atoms with Crippen molar-refractivity contribution in [3.63, 3.8) is 0 Å². The molecule has 1 heteroatoms. The Balaban J connectivity index is 1.58. The van der Waals surface area contributed by atoms with E-state index >= 15 is 0 Å². The highest BCUT2D eigenvalue weighted by atomic mass is 16.3. The number of aliphatic hydroxyl groups is 1. The van der Waals surface area contributed by atoms with Gasteiger partial charge in [0.25, 0.3) is 0 Å². The van der Waals surface area contributed by atoms with Crippen LogP contribution in [0.5, 0.6) is 0 Å². The molecule has 0 aromatic carbocycles. The van der Waals surface area contributed by atoms with Crippen molar-refractivity contribution in [3.05, 3.63) is 59.3 Å². The van der Waals surface area contributed by atoms with E-state index in [-0.39, 0.29) is 11.5 Å². The molecule has 4 aliphatic rings. The van der Waals surface area contributed by atoms with Crippen molar-refractivity contribution in [3.8, 4) is 0 Å². The molecule has 4 rings (SSSR count). The third-order valence-electron chi connectivity index (χ3n) is 9.42. The zero-order valence-corrected chi connectivity index (χ0v) is 19.9. The summed E-state index contributed by atoms with van der Waals surface area (Å²) in [6, 6.07) is 0. The lowest BCUT2D eigenvalue weighted by atomic mass is 9.51. The van der Waals surface area contributed by atoms with Crippen LogP contribution in [0.2, 0.25) is 0 Å². The molecular formula is C29H42O. The minimum atomic E-state index is -0.137. The largest absolute Gasteiger partial charge is 0.393 e. The molecule has 0 bridgehead atoms. The SMILES string of the molecule is C=C(C)[C@H](/C=C\[C@@H](C)[C@H]1CC=C2C3=CC=C4C[C@@H](O)CC[C@]4(C)[C@H]3CC[C@@]21C)CC. The minimum Gasteiger partial charge on any atom is -0.393 e. The number of hydrogen-bond donors (Lipinski definition) is 1. The van der Waals surface area contributed by atoms with Crippen LogP contribution in [0, 0.1) is 34.5 Å². The van der Waals surface area contributed by atoms with Gasteiger partial charge in [-0.05, 0) is 97.5 Å². The third kappa shape index (κ3) is 3.42. The van der Waals surface area contributed by atoms with Gasteiger partial charge in [-0.25, -0.2) is 0 Å². The lowest BCUT2D eigenvalue weighted by Gasteiger charge is -2.53. The van der Waals surface area contributed by atoms with E-state index in [0.717, 1.165) is 25.7 Å². The van der Waals surface area contributed by atoms with E-state index in [4.69, 9.17) is 0 Å². The van der Waals surface area contributed by atoms with Crippen LogP contribution in [0.25, 0.3) is 0 Å². The number of allylic oxidation sites excluding steroid dienone is 8. The monoisotopic (exact) mass is 406 g/mol. The highest BCUT2D eigenvalue weighted by molar-refractivity contribution is 5.51. The second-order valence-electron chi connectivity index (χ2n) is 11.2. The first-order valence-corrected chi connectivity index (χ1v) is 12.3. The molecule has 0 aromatic rings. The third-order valence-corrected chi connectivity index (χ3v) is 9.42. The van der Waals surface area contributed by atoms with Gasteiger partial charge in [-0.15, -0.1) is 0 Å². The maximum atomic E-state index is 10.2. The molecular weight excluding hydrogens is 364 g/mol. The fourth-order valence-electron chi connectivity index (χ4n) is 7.31. The Labute approximate surface area is 184 Å². The predicted molar refractivity (Wildman–Crippen MR) is 128 cm³/mol.